The van der Waals surface area contributed by atoms with Crippen molar-refractivity contribution in [3.8, 4) is 5.88 Å². The Kier molecular flexibility index (Phi) is 5.08. The van der Waals surface area contributed by atoms with Crippen molar-refractivity contribution in [2.45, 2.75) is 32.8 Å². The van der Waals surface area contributed by atoms with Crippen LogP contribution in [-0.2, 0) is 0 Å². The second-order valence-electron chi connectivity index (χ2n) is 6.10. The molecule has 1 aliphatic rings. The van der Waals surface area contributed by atoms with E-state index >= 15 is 0 Å². The third-order valence-corrected chi connectivity index (χ3v) is 4.69. The van der Waals surface area contributed by atoms with Gasteiger partial charge in [0.05, 0.1) is 11.7 Å². The van der Waals surface area contributed by atoms with Crippen molar-refractivity contribution in [1.82, 2.24) is 13.6 Å². The molecule has 0 saturated carbocycles. The highest BCUT2D eigenvalue weighted by Gasteiger charge is 2.21. The number of hydrogen-bond donors (Lipinski definition) is 0. The van der Waals surface area contributed by atoms with Gasteiger partial charge < -0.3 is 9.64 Å². The Morgan fingerprint density at radius 1 is 1.26 bits per heavy atom. The lowest BCUT2D eigenvalue weighted by Crippen LogP contribution is -2.25. The lowest BCUT2D eigenvalue weighted by molar-refractivity contribution is 0.193. The zero-order chi connectivity index (χ0) is 16.2. The lowest BCUT2D eigenvalue weighted by atomic mass is 10.1. The maximum absolute atomic E-state index is 6.23. The minimum atomic E-state index is 0.0140. The van der Waals surface area contributed by atoms with Gasteiger partial charge in [0.15, 0.2) is 0 Å². The fourth-order valence-electron chi connectivity index (χ4n) is 2.82. The van der Waals surface area contributed by atoms with E-state index in [1.165, 1.54) is 28.4 Å². The van der Waals surface area contributed by atoms with E-state index in [0.29, 0.717) is 5.88 Å². The number of aryl methyl sites for hydroxylation is 1. The average molecular weight is 329 g/mol. The molecule has 1 aliphatic heterocycles. The smallest absolute Gasteiger partial charge is 0.254 e. The van der Waals surface area contributed by atoms with Crippen molar-refractivity contribution in [2.75, 3.05) is 20.1 Å². The van der Waals surface area contributed by atoms with Crippen LogP contribution in [0.25, 0.3) is 5.57 Å². The fourth-order valence-corrected chi connectivity index (χ4v) is 3.34. The van der Waals surface area contributed by atoms with Crippen LogP contribution >= 0.6 is 11.7 Å². The van der Waals surface area contributed by atoms with Gasteiger partial charge in [0.1, 0.15) is 11.8 Å². The molecule has 1 aromatic heterocycles. The summed E-state index contributed by atoms with van der Waals surface area (Å²) in [4.78, 5) is 2.30. The van der Waals surface area contributed by atoms with E-state index < -0.39 is 0 Å². The maximum Gasteiger partial charge on any atom is 0.254 e. The van der Waals surface area contributed by atoms with Crippen molar-refractivity contribution in [3.63, 3.8) is 0 Å². The van der Waals surface area contributed by atoms with Crippen LogP contribution in [0.4, 0.5) is 0 Å². The van der Waals surface area contributed by atoms with Gasteiger partial charge in [-0.3, -0.25) is 0 Å². The molecule has 5 heteroatoms. The second-order valence-corrected chi connectivity index (χ2v) is 6.63. The van der Waals surface area contributed by atoms with E-state index in [4.69, 9.17) is 4.74 Å². The summed E-state index contributed by atoms with van der Waals surface area (Å²) in [7, 11) is 2.13. The van der Waals surface area contributed by atoms with Gasteiger partial charge in [-0.2, -0.15) is 4.37 Å². The summed E-state index contributed by atoms with van der Waals surface area (Å²) in [6.45, 7) is 6.24. The highest BCUT2D eigenvalue weighted by atomic mass is 32.1. The summed E-state index contributed by atoms with van der Waals surface area (Å²) >= 11 is 1.23. The van der Waals surface area contributed by atoms with Gasteiger partial charge in [0, 0.05) is 13.1 Å². The molecular weight excluding hydrogens is 306 g/mol. The van der Waals surface area contributed by atoms with Gasteiger partial charge in [-0.15, -0.1) is 4.37 Å². The first-order chi connectivity index (χ1) is 11.2. The molecule has 0 fully saturated rings. The van der Waals surface area contributed by atoms with E-state index in [2.05, 4.69) is 64.9 Å². The van der Waals surface area contributed by atoms with Gasteiger partial charge in [0.2, 0.25) is 0 Å². The summed E-state index contributed by atoms with van der Waals surface area (Å²) in [6, 6.07) is 8.52. The van der Waals surface area contributed by atoms with Crippen LogP contribution in [0.2, 0.25) is 0 Å². The van der Waals surface area contributed by atoms with Crippen LogP contribution in [0.3, 0.4) is 0 Å². The predicted octanol–water partition coefficient (Wildman–Crippen LogP) is 4.10. The molecule has 4 nitrogen and oxygen atoms in total. The number of likely N-dealkylation sites (N-methyl/N-ethyl adjacent to an activating group) is 1. The van der Waals surface area contributed by atoms with Gasteiger partial charge in [-0.05, 0) is 37.9 Å². The number of ether oxygens (including phenoxy) is 1. The highest BCUT2D eigenvalue weighted by molar-refractivity contribution is 6.99. The second kappa shape index (κ2) is 7.23. The molecule has 0 saturated heterocycles. The Labute approximate surface area is 142 Å². The molecule has 2 aromatic rings. The molecular formula is C18H23N3OS. The maximum atomic E-state index is 6.23. The predicted molar refractivity (Wildman–Crippen MR) is 94.8 cm³/mol. The van der Waals surface area contributed by atoms with Gasteiger partial charge in [-0.25, -0.2) is 0 Å². The third-order valence-electron chi connectivity index (χ3n) is 4.18. The topological polar surface area (TPSA) is 38.3 Å². The standard InChI is InChI=1S/C18H23N3OS/c1-4-16(14-9-7-13(2)8-10-14)22-18-17(19-23-20-18)15-6-5-11-21(3)12-15/h6-10,16H,4-5,11-12H2,1-3H3. The normalized spacial score (nSPS) is 16.9. The minimum Gasteiger partial charge on any atom is -0.467 e. The molecule has 0 bridgehead atoms. The number of rotatable bonds is 5. The van der Waals surface area contributed by atoms with Crippen LogP contribution in [0.1, 0.15) is 42.7 Å². The molecule has 122 valence electrons. The van der Waals surface area contributed by atoms with Crippen molar-refractivity contribution in [3.05, 3.63) is 47.2 Å². The van der Waals surface area contributed by atoms with Crippen molar-refractivity contribution in [2.24, 2.45) is 0 Å². The van der Waals surface area contributed by atoms with Crippen molar-refractivity contribution in [1.29, 1.82) is 0 Å². The molecule has 0 radical (unpaired) electrons. The molecule has 3 rings (SSSR count). The first-order valence-corrected chi connectivity index (χ1v) is 8.84. The fraction of sp³-hybridized carbons (Fsp3) is 0.444. The van der Waals surface area contributed by atoms with Gasteiger partial charge in [-0.1, -0.05) is 42.8 Å². The summed E-state index contributed by atoms with van der Waals surface area (Å²) < 4.78 is 15.1. The Morgan fingerprint density at radius 2 is 2.04 bits per heavy atom. The van der Waals surface area contributed by atoms with Crippen molar-refractivity contribution >= 4 is 17.3 Å². The van der Waals surface area contributed by atoms with Gasteiger partial charge >= 0.3 is 0 Å². The van der Waals surface area contributed by atoms with Crippen molar-refractivity contribution < 1.29 is 4.74 Å². The number of hydrogen-bond acceptors (Lipinski definition) is 5. The summed E-state index contributed by atoms with van der Waals surface area (Å²) in [5, 5.41) is 0. The Hall–Kier alpha value is -1.72. The summed E-state index contributed by atoms with van der Waals surface area (Å²) in [6.07, 6.45) is 4.23. The molecule has 0 amide bonds. The average Bonchev–Trinajstić information content (AvgIpc) is 3.02. The molecule has 0 N–H and O–H groups in total. The van der Waals surface area contributed by atoms with E-state index in [1.54, 1.807) is 0 Å². The van der Waals surface area contributed by atoms with Crippen LogP contribution in [0.15, 0.2) is 30.3 Å². The van der Waals surface area contributed by atoms with Crippen LogP contribution in [0.5, 0.6) is 5.88 Å². The number of aromatic nitrogens is 2. The quantitative estimate of drug-likeness (QED) is 0.828. The summed E-state index contributed by atoms with van der Waals surface area (Å²) in [5.41, 5.74) is 4.58. The SMILES string of the molecule is CCC(Oc1nsnc1C1=CCCN(C)C1)c1ccc(C)cc1. The van der Waals surface area contributed by atoms with Crippen LogP contribution in [0, 0.1) is 6.92 Å². The molecule has 0 aliphatic carbocycles. The summed E-state index contributed by atoms with van der Waals surface area (Å²) in [5.74, 6) is 0.670. The van der Waals surface area contributed by atoms with E-state index in [9.17, 15) is 0 Å². The third kappa shape index (κ3) is 3.79. The Morgan fingerprint density at radius 3 is 2.74 bits per heavy atom. The largest absolute Gasteiger partial charge is 0.467 e. The monoisotopic (exact) mass is 329 g/mol. The molecule has 23 heavy (non-hydrogen) atoms. The van der Waals surface area contributed by atoms with E-state index in [-0.39, 0.29) is 6.10 Å². The molecule has 0 spiro atoms. The highest BCUT2D eigenvalue weighted by Crippen LogP contribution is 2.31. The minimum absolute atomic E-state index is 0.0140. The number of nitrogens with zero attached hydrogens (tertiary/aromatic N) is 3. The van der Waals surface area contributed by atoms with E-state index in [1.807, 2.05) is 0 Å². The van der Waals surface area contributed by atoms with Crippen LogP contribution < -0.4 is 4.74 Å². The molecule has 1 atom stereocenters. The zero-order valence-electron chi connectivity index (χ0n) is 14.0. The first kappa shape index (κ1) is 16.1. The van der Waals surface area contributed by atoms with Crippen LogP contribution in [-0.4, -0.2) is 33.8 Å². The lowest BCUT2D eigenvalue weighted by Gasteiger charge is -2.23. The molecule has 2 heterocycles. The Balaban J connectivity index is 1.81. The zero-order valence-corrected chi connectivity index (χ0v) is 14.8. The number of benzene rings is 1. The van der Waals surface area contributed by atoms with Gasteiger partial charge in [0.25, 0.3) is 5.88 Å². The molecule has 1 unspecified atom stereocenters. The van der Waals surface area contributed by atoms with E-state index in [0.717, 1.165) is 31.6 Å². The molecule has 1 aromatic carbocycles. The Bertz CT molecular complexity index is 678. The first-order valence-electron chi connectivity index (χ1n) is 8.11.